The third-order valence-electron chi connectivity index (χ3n) is 3.66. The van der Waals surface area contributed by atoms with Gasteiger partial charge < -0.3 is 4.90 Å². The Morgan fingerprint density at radius 3 is 2.35 bits per heavy atom. The van der Waals surface area contributed by atoms with E-state index in [4.69, 9.17) is 0 Å². The van der Waals surface area contributed by atoms with Gasteiger partial charge in [0.15, 0.2) is 5.82 Å². The second-order valence-electron chi connectivity index (χ2n) is 4.98. The first-order chi connectivity index (χ1) is 9.88. The Balaban J connectivity index is 1.84. The molecule has 3 rings (SSSR count). The summed E-state index contributed by atoms with van der Waals surface area (Å²) in [5.74, 6) is 0.562. The normalized spacial score (nSPS) is 15.8. The summed E-state index contributed by atoms with van der Waals surface area (Å²) in [6.45, 7) is 2.10. The lowest BCUT2D eigenvalue weighted by Crippen LogP contribution is -2.19. The number of aromatic nitrogens is 2. The summed E-state index contributed by atoms with van der Waals surface area (Å²) in [7, 11) is 0. The number of hydrogen-bond donors (Lipinski definition) is 0. The minimum absolute atomic E-state index is 0.351. The van der Waals surface area contributed by atoms with Gasteiger partial charge in [-0.1, -0.05) is 30.3 Å². The zero-order valence-electron chi connectivity index (χ0n) is 11.2. The molecular formula is C16H16N4. The predicted octanol–water partition coefficient (Wildman–Crippen LogP) is 2.73. The van der Waals surface area contributed by atoms with Gasteiger partial charge in [-0.05, 0) is 30.5 Å². The van der Waals surface area contributed by atoms with Gasteiger partial charge in [-0.15, -0.1) is 5.10 Å². The molecule has 1 aliphatic rings. The molecule has 0 N–H and O–H groups in total. The van der Waals surface area contributed by atoms with Gasteiger partial charge in [-0.2, -0.15) is 10.4 Å². The summed E-state index contributed by atoms with van der Waals surface area (Å²) in [6.07, 6.45) is 2.43. The second-order valence-corrected chi connectivity index (χ2v) is 4.98. The van der Waals surface area contributed by atoms with Crippen molar-refractivity contribution < 1.29 is 0 Å². The highest BCUT2D eigenvalue weighted by Crippen LogP contribution is 2.23. The van der Waals surface area contributed by atoms with Crippen molar-refractivity contribution in [2.45, 2.75) is 18.8 Å². The van der Waals surface area contributed by atoms with Crippen molar-refractivity contribution in [2.75, 3.05) is 18.0 Å². The standard InChI is InChI=1S/C16H16N4/c17-12-14(13-6-2-1-3-7-13)15-8-9-16(19-18-15)20-10-4-5-11-20/h1-3,6-9,14H,4-5,10-11H2. The van der Waals surface area contributed by atoms with Crippen LogP contribution in [0.4, 0.5) is 5.82 Å². The van der Waals surface area contributed by atoms with Crippen LogP contribution in [0, 0.1) is 11.3 Å². The van der Waals surface area contributed by atoms with Crippen LogP contribution >= 0.6 is 0 Å². The van der Waals surface area contributed by atoms with Crippen molar-refractivity contribution in [1.29, 1.82) is 5.26 Å². The fraction of sp³-hybridized carbons (Fsp3) is 0.312. The summed E-state index contributed by atoms with van der Waals surface area (Å²) in [4.78, 5) is 2.24. The molecule has 1 atom stereocenters. The molecule has 0 saturated carbocycles. The molecule has 1 aromatic heterocycles. The smallest absolute Gasteiger partial charge is 0.151 e. The van der Waals surface area contributed by atoms with Crippen LogP contribution in [-0.2, 0) is 0 Å². The van der Waals surface area contributed by atoms with E-state index in [2.05, 4.69) is 21.2 Å². The molecule has 0 bridgehead atoms. The van der Waals surface area contributed by atoms with Gasteiger partial charge in [-0.3, -0.25) is 0 Å². The van der Waals surface area contributed by atoms with Crippen LogP contribution in [0.15, 0.2) is 42.5 Å². The van der Waals surface area contributed by atoms with Gasteiger partial charge in [0.05, 0.1) is 11.8 Å². The van der Waals surface area contributed by atoms with Crippen LogP contribution in [0.1, 0.15) is 30.0 Å². The summed E-state index contributed by atoms with van der Waals surface area (Å²) >= 11 is 0. The van der Waals surface area contributed by atoms with Gasteiger partial charge in [0, 0.05) is 13.1 Å². The first-order valence-electron chi connectivity index (χ1n) is 6.91. The summed E-state index contributed by atoms with van der Waals surface area (Å²) < 4.78 is 0. The predicted molar refractivity (Wildman–Crippen MR) is 77.4 cm³/mol. The third-order valence-corrected chi connectivity index (χ3v) is 3.66. The van der Waals surface area contributed by atoms with Crippen LogP contribution in [0.2, 0.25) is 0 Å². The number of benzene rings is 1. The molecule has 1 unspecified atom stereocenters. The van der Waals surface area contributed by atoms with Crippen molar-refractivity contribution >= 4 is 5.82 Å². The number of anilines is 1. The third kappa shape index (κ3) is 2.48. The van der Waals surface area contributed by atoms with Crippen molar-refractivity contribution in [1.82, 2.24) is 10.2 Å². The lowest BCUT2D eigenvalue weighted by atomic mass is 9.97. The zero-order valence-corrected chi connectivity index (χ0v) is 11.2. The van der Waals surface area contributed by atoms with Gasteiger partial charge in [0.2, 0.25) is 0 Å². The summed E-state index contributed by atoms with van der Waals surface area (Å²) in [5, 5.41) is 17.9. The summed E-state index contributed by atoms with van der Waals surface area (Å²) in [6, 6.07) is 15.9. The van der Waals surface area contributed by atoms with Crippen molar-refractivity contribution in [3.05, 3.63) is 53.7 Å². The Morgan fingerprint density at radius 1 is 1.00 bits per heavy atom. The van der Waals surface area contributed by atoms with E-state index < -0.39 is 0 Å². The quantitative estimate of drug-likeness (QED) is 0.855. The maximum absolute atomic E-state index is 9.39. The molecule has 2 aromatic rings. The average molecular weight is 264 g/mol. The molecule has 2 heterocycles. The van der Waals surface area contributed by atoms with E-state index in [0.29, 0.717) is 5.69 Å². The molecule has 4 heteroatoms. The van der Waals surface area contributed by atoms with E-state index in [0.717, 1.165) is 24.5 Å². The Bertz CT molecular complexity index is 595. The fourth-order valence-electron chi connectivity index (χ4n) is 2.56. The van der Waals surface area contributed by atoms with Crippen LogP contribution in [0.5, 0.6) is 0 Å². The van der Waals surface area contributed by atoms with Crippen LogP contribution in [0.3, 0.4) is 0 Å². The van der Waals surface area contributed by atoms with Gasteiger partial charge in [0.1, 0.15) is 5.92 Å². The highest BCUT2D eigenvalue weighted by Gasteiger charge is 2.17. The van der Waals surface area contributed by atoms with E-state index in [1.54, 1.807) is 0 Å². The number of hydrogen-bond acceptors (Lipinski definition) is 4. The molecule has 1 aromatic carbocycles. The number of rotatable bonds is 3. The molecule has 0 aliphatic carbocycles. The molecule has 20 heavy (non-hydrogen) atoms. The van der Waals surface area contributed by atoms with Crippen LogP contribution < -0.4 is 4.90 Å². The first kappa shape index (κ1) is 12.6. The SMILES string of the molecule is N#CC(c1ccccc1)c1ccc(N2CCCC2)nn1. The maximum atomic E-state index is 9.39. The molecular weight excluding hydrogens is 248 g/mol. The molecule has 1 fully saturated rings. The number of nitriles is 1. The van der Waals surface area contributed by atoms with E-state index in [-0.39, 0.29) is 5.92 Å². The van der Waals surface area contributed by atoms with Gasteiger partial charge in [-0.25, -0.2) is 0 Å². The Labute approximate surface area is 118 Å². The second kappa shape index (κ2) is 5.70. The van der Waals surface area contributed by atoms with Crippen LogP contribution in [-0.4, -0.2) is 23.3 Å². The highest BCUT2D eigenvalue weighted by molar-refractivity contribution is 5.41. The lowest BCUT2D eigenvalue weighted by Gasteiger charge is -2.16. The molecule has 4 nitrogen and oxygen atoms in total. The number of nitrogens with zero attached hydrogens (tertiary/aromatic N) is 4. The minimum atomic E-state index is -0.351. The lowest BCUT2D eigenvalue weighted by molar-refractivity contribution is 0.844. The topological polar surface area (TPSA) is 52.8 Å². The monoisotopic (exact) mass is 264 g/mol. The highest BCUT2D eigenvalue weighted by atomic mass is 15.3. The van der Waals surface area contributed by atoms with Crippen molar-refractivity contribution in [2.24, 2.45) is 0 Å². The minimum Gasteiger partial charge on any atom is -0.355 e. The molecule has 1 saturated heterocycles. The summed E-state index contributed by atoms with van der Waals surface area (Å²) in [5.41, 5.74) is 1.67. The van der Waals surface area contributed by atoms with E-state index >= 15 is 0 Å². The van der Waals surface area contributed by atoms with Gasteiger partial charge in [0.25, 0.3) is 0 Å². The Hall–Kier alpha value is -2.41. The molecule has 0 spiro atoms. The van der Waals surface area contributed by atoms with E-state index in [9.17, 15) is 5.26 Å². The van der Waals surface area contributed by atoms with E-state index in [1.807, 2.05) is 42.5 Å². The molecule has 100 valence electrons. The maximum Gasteiger partial charge on any atom is 0.151 e. The zero-order chi connectivity index (χ0) is 13.8. The fourth-order valence-corrected chi connectivity index (χ4v) is 2.56. The molecule has 1 aliphatic heterocycles. The van der Waals surface area contributed by atoms with Crippen molar-refractivity contribution in [3.8, 4) is 6.07 Å². The Morgan fingerprint density at radius 2 is 1.75 bits per heavy atom. The van der Waals surface area contributed by atoms with Gasteiger partial charge >= 0.3 is 0 Å². The largest absolute Gasteiger partial charge is 0.355 e. The Kier molecular flexibility index (Phi) is 3.60. The average Bonchev–Trinajstić information content (AvgIpc) is 3.04. The van der Waals surface area contributed by atoms with Crippen molar-refractivity contribution in [3.63, 3.8) is 0 Å². The molecule has 0 amide bonds. The first-order valence-corrected chi connectivity index (χ1v) is 6.91. The molecule has 0 radical (unpaired) electrons. The van der Waals surface area contributed by atoms with Crippen LogP contribution in [0.25, 0.3) is 0 Å². The van der Waals surface area contributed by atoms with E-state index in [1.165, 1.54) is 12.8 Å².